The zero-order chi connectivity index (χ0) is 15.5. The van der Waals surface area contributed by atoms with Crippen LogP contribution in [0.1, 0.15) is 70.6 Å². The van der Waals surface area contributed by atoms with E-state index in [4.69, 9.17) is 20.2 Å². The molecular weight excluding hydrogens is 290 g/mol. The summed E-state index contributed by atoms with van der Waals surface area (Å²) < 4.78 is 6.74. The van der Waals surface area contributed by atoms with Gasteiger partial charge < -0.3 is 10.5 Å². The number of rotatable bonds is 3. The molecule has 4 heteroatoms. The first-order valence-electron chi connectivity index (χ1n) is 9.98. The molecule has 2 N–H and O–H groups in total. The summed E-state index contributed by atoms with van der Waals surface area (Å²) in [6, 6.07) is 0. The SMILES string of the molecule is NCCCC1CCC2(CC1)OOC1(O2)C2CC3CC(C2)CC1C3. The molecule has 6 aliphatic rings. The molecular formula is C19H31NO3. The maximum Gasteiger partial charge on any atom is 0.210 e. The van der Waals surface area contributed by atoms with E-state index in [2.05, 4.69) is 0 Å². The van der Waals surface area contributed by atoms with E-state index in [0.717, 1.165) is 43.6 Å². The van der Waals surface area contributed by atoms with Crippen LogP contribution in [0.3, 0.4) is 0 Å². The van der Waals surface area contributed by atoms with Crippen LogP contribution in [0.5, 0.6) is 0 Å². The first-order chi connectivity index (χ1) is 11.2. The van der Waals surface area contributed by atoms with E-state index < -0.39 is 11.6 Å². The van der Waals surface area contributed by atoms with Crippen molar-refractivity contribution in [3.8, 4) is 0 Å². The van der Waals surface area contributed by atoms with E-state index in [1.165, 1.54) is 51.4 Å². The van der Waals surface area contributed by atoms with Gasteiger partial charge in [-0.3, -0.25) is 0 Å². The minimum absolute atomic E-state index is 0.391. The minimum atomic E-state index is -0.436. The maximum absolute atomic E-state index is 6.74. The second kappa shape index (κ2) is 5.42. The van der Waals surface area contributed by atoms with Gasteiger partial charge in [0.25, 0.3) is 0 Å². The highest BCUT2D eigenvalue weighted by Gasteiger charge is 2.66. The Balaban J connectivity index is 1.28. The van der Waals surface area contributed by atoms with Crippen LogP contribution in [-0.2, 0) is 14.5 Å². The van der Waals surface area contributed by atoms with Crippen LogP contribution in [-0.4, -0.2) is 18.1 Å². The number of nitrogens with two attached hydrogens (primary N) is 1. The van der Waals surface area contributed by atoms with Gasteiger partial charge in [0.2, 0.25) is 11.6 Å². The van der Waals surface area contributed by atoms with Gasteiger partial charge in [0, 0.05) is 24.7 Å². The molecule has 4 bridgehead atoms. The summed E-state index contributed by atoms with van der Waals surface area (Å²) in [7, 11) is 0. The molecule has 0 aromatic carbocycles. The van der Waals surface area contributed by atoms with E-state index in [1.54, 1.807) is 0 Å². The molecule has 0 aromatic rings. The zero-order valence-electron chi connectivity index (χ0n) is 14.2. The predicted octanol–water partition coefficient (Wildman–Crippen LogP) is 3.74. The van der Waals surface area contributed by atoms with Crippen LogP contribution in [0.2, 0.25) is 0 Å². The number of hydrogen-bond acceptors (Lipinski definition) is 4. The summed E-state index contributed by atoms with van der Waals surface area (Å²) >= 11 is 0. The second-order valence-corrected chi connectivity index (χ2v) is 9.08. The van der Waals surface area contributed by atoms with E-state index in [-0.39, 0.29) is 0 Å². The number of hydrogen-bond donors (Lipinski definition) is 1. The Bertz CT molecular complexity index is 430. The molecule has 23 heavy (non-hydrogen) atoms. The first kappa shape index (κ1) is 15.1. The van der Waals surface area contributed by atoms with Gasteiger partial charge in [-0.15, -0.1) is 0 Å². The van der Waals surface area contributed by atoms with Crippen molar-refractivity contribution in [3.05, 3.63) is 0 Å². The van der Waals surface area contributed by atoms with Crippen LogP contribution >= 0.6 is 0 Å². The first-order valence-corrected chi connectivity index (χ1v) is 9.98. The van der Waals surface area contributed by atoms with Crippen molar-refractivity contribution in [1.82, 2.24) is 0 Å². The molecule has 1 heterocycles. The van der Waals surface area contributed by atoms with Gasteiger partial charge >= 0.3 is 0 Å². The lowest BCUT2D eigenvalue weighted by Crippen LogP contribution is -2.59. The molecule has 5 aliphatic carbocycles. The maximum atomic E-state index is 6.74. The lowest BCUT2D eigenvalue weighted by molar-refractivity contribution is -0.390. The van der Waals surface area contributed by atoms with Gasteiger partial charge in [0.05, 0.1) is 0 Å². The van der Waals surface area contributed by atoms with Crippen LogP contribution in [0.25, 0.3) is 0 Å². The monoisotopic (exact) mass is 321 g/mol. The molecule has 1 aliphatic heterocycles. The quantitative estimate of drug-likeness (QED) is 0.805. The Hall–Kier alpha value is -0.160. The van der Waals surface area contributed by atoms with Gasteiger partial charge in [-0.05, 0) is 82.1 Å². The topological polar surface area (TPSA) is 53.7 Å². The molecule has 130 valence electrons. The summed E-state index contributed by atoms with van der Waals surface area (Å²) in [5, 5.41) is 0. The Kier molecular flexibility index (Phi) is 3.56. The van der Waals surface area contributed by atoms with Gasteiger partial charge in [-0.2, -0.15) is 9.78 Å². The molecule has 0 atom stereocenters. The van der Waals surface area contributed by atoms with Gasteiger partial charge in [0.1, 0.15) is 0 Å². The second-order valence-electron chi connectivity index (χ2n) is 9.08. The van der Waals surface area contributed by atoms with Crippen molar-refractivity contribution >= 4 is 0 Å². The number of ether oxygens (including phenoxy) is 1. The lowest BCUT2D eigenvalue weighted by atomic mass is 9.53. The molecule has 0 amide bonds. The summed E-state index contributed by atoms with van der Waals surface area (Å²) in [4.78, 5) is 12.1. The molecule has 1 saturated heterocycles. The third-order valence-corrected chi connectivity index (χ3v) is 7.63. The van der Waals surface area contributed by atoms with Gasteiger partial charge in [0.15, 0.2) is 0 Å². The molecule has 0 aromatic heterocycles. The summed E-state index contributed by atoms with van der Waals surface area (Å²) in [5.74, 6) is 2.98. The molecule has 6 rings (SSSR count). The van der Waals surface area contributed by atoms with Crippen molar-refractivity contribution in [2.45, 2.75) is 82.2 Å². The Morgan fingerprint density at radius 3 is 2.13 bits per heavy atom. The minimum Gasteiger partial charge on any atom is -0.330 e. The van der Waals surface area contributed by atoms with Crippen molar-refractivity contribution in [2.75, 3.05) is 6.54 Å². The van der Waals surface area contributed by atoms with E-state index in [0.29, 0.717) is 11.8 Å². The van der Waals surface area contributed by atoms with Gasteiger partial charge in [-0.25, -0.2) is 0 Å². The van der Waals surface area contributed by atoms with Crippen LogP contribution in [0.15, 0.2) is 0 Å². The lowest BCUT2D eigenvalue weighted by Gasteiger charge is -2.57. The Morgan fingerprint density at radius 1 is 0.870 bits per heavy atom. The van der Waals surface area contributed by atoms with Crippen LogP contribution in [0, 0.1) is 29.6 Å². The average molecular weight is 321 g/mol. The van der Waals surface area contributed by atoms with Crippen LogP contribution in [0.4, 0.5) is 0 Å². The van der Waals surface area contributed by atoms with Crippen molar-refractivity contribution in [1.29, 1.82) is 0 Å². The molecule has 5 saturated carbocycles. The normalized spacial score (nSPS) is 54.4. The fourth-order valence-electron chi connectivity index (χ4n) is 6.61. The van der Waals surface area contributed by atoms with Crippen molar-refractivity contribution < 1.29 is 14.5 Å². The third-order valence-electron chi connectivity index (χ3n) is 7.63. The molecule has 0 radical (unpaired) electrons. The highest BCUT2D eigenvalue weighted by Crippen LogP contribution is 2.63. The molecule has 2 spiro atoms. The Labute approximate surface area is 139 Å². The smallest absolute Gasteiger partial charge is 0.210 e. The van der Waals surface area contributed by atoms with Crippen molar-refractivity contribution in [3.63, 3.8) is 0 Å². The predicted molar refractivity (Wildman–Crippen MR) is 86.0 cm³/mol. The molecule has 4 nitrogen and oxygen atoms in total. The molecule has 0 unspecified atom stereocenters. The Morgan fingerprint density at radius 2 is 1.52 bits per heavy atom. The third kappa shape index (κ3) is 2.32. The fourth-order valence-corrected chi connectivity index (χ4v) is 6.61. The van der Waals surface area contributed by atoms with Crippen LogP contribution < -0.4 is 5.73 Å². The zero-order valence-corrected chi connectivity index (χ0v) is 14.2. The molecule has 6 fully saturated rings. The van der Waals surface area contributed by atoms with E-state index in [9.17, 15) is 0 Å². The van der Waals surface area contributed by atoms with Crippen molar-refractivity contribution in [2.24, 2.45) is 35.3 Å². The largest absolute Gasteiger partial charge is 0.330 e. The standard InChI is InChI=1S/C19H31NO3/c20-7-1-2-13-3-5-18(6-4-13)21-19(23-22-18)16-9-14-8-15(11-16)12-17(19)10-14/h13-17H,1-12,20H2. The van der Waals surface area contributed by atoms with Gasteiger partial charge in [-0.1, -0.05) is 0 Å². The highest BCUT2D eigenvalue weighted by atomic mass is 17.3. The highest BCUT2D eigenvalue weighted by molar-refractivity contribution is 5.05. The summed E-state index contributed by atoms with van der Waals surface area (Å²) in [5.41, 5.74) is 5.65. The van der Waals surface area contributed by atoms with E-state index in [1.807, 2.05) is 0 Å². The average Bonchev–Trinajstić information content (AvgIpc) is 2.92. The summed E-state index contributed by atoms with van der Waals surface area (Å²) in [6.45, 7) is 0.812. The fraction of sp³-hybridized carbons (Fsp3) is 1.00. The van der Waals surface area contributed by atoms with E-state index >= 15 is 0 Å². The summed E-state index contributed by atoms with van der Waals surface area (Å²) in [6.07, 6.45) is 13.4.